The minimum Gasteiger partial charge on any atom is -0.309 e. The number of aromatic nitrogens is 2. The Balaban J connectivity index is 2.54. The van der Waals surface area contributed by atoms with Crippen LogP contribution in [0.15, 0.2) is 40.2 Å². The summed E-state index contributed by atoms with van der Waals surface area (Å²) in [5, 5.41) is 0. The Labute approximate surface area is 118 Å². The van der Waals surface area contributed by atoms with E-state index >= 15 is 0 Å². The molecule has 2 rings (SSSR count). The SMILES string of the molecule is CCCCn1ccn(-c2cc(C)ccc2C)c(=O)c1=O. The van der Waals surface area contributed by atoms with Crippen molar-refractivity contribution in [2.45, 2.75) is 40.2 Å². The molecule has 1 aromatic carbocycles. The lowest BCUT2D eigenvalue weighted by Crippen LogP contribution is -2.40. The van der Waals surface area contributed by atoms with Gasteiger partial charge in [0.05, 0.1) is 5.69 Å². The minimum atomic E-state index is -0.489. The van der Waals surface area contributed by atoms with Crippen molar-refractivity contribution in [3.05, 3.63) is 62.4 Å². The second-order valence-electron chi connectivity index (χ2n) is 5.12. The Kier molecular flexibility index (Phi) is 4.23. The highest BCUT2D eigenvalue weighted by molar-refractivity contribution is 5.42. The fraction of sp³-hybridized carbons (Fsp3) is 0.375. The van der Waals surface area contributed by atoms with Crippen LogP contribution in [0.25, 0.3) is 5.69 Å². The molecule has 2 aromatic rings. The van der Waals surface area contributed by atoms with Gasteiger partial charge in [-0.1, -0.05) is 25.5 Å². The van der Waals surface area contributed by atoms with E-state index in [0.717, 1.165) is 29.7 Å². The number of nitrogens with zero attached hydrogens (tertiary/aromatic N) is 2. The molecule has 20 heavy (non-hydrogen) atoms. The molecule has 0 aliphatic carbocycles. The van der Waals surface area contributed by atoms with E-state index in [2.05, 4.69) is 6.92 Å². The fourth-order valence-electron chi connectivity index (χ4n) is 2.18. The lowest BCUT2D eigenvalue weighted by atomic mass is 10.1. The molecular weight excluding hydrogens is 252 g/mol. The normalized spacial score (nSPS) is 10.8. The lowest BCUT2D eigenvalue weighted by molar-refractivity contribution is 0.598. The zero-order valence-electron chi connectivity index (χ0n) is 12.2. The number of benzene rings is 1. The lowest BCUT2D eigenvalue weighted by Gasteiger charge is -2.11. The number of rotatable bonds is 4. The van der Waals surface area contributed by atoms with Gasteiger partial charge in [0.25, 0.3) is 0 Å². The predicted octanol–water partition coefficient (Wildman–Crippen LogP) is 2.42. The van der Waals surface area contributed by atoms with E-state index in [-0.39, 0.29) is 0 Å². The van der Waals surface area contributed by atoms with Crippen LogP contribution in [0.3, 0.4) is 0 Å². The Morgan fingerprint density at radius 3 is 2.50 bits per heavy atom. The van der Waals surface area contributed by atoms with Crippen LogP contribution in [0.2, 0.25) is 0 Å². The summed E-state index contributed by atoms with van der Waals surface area (Å²) in [6, 6.07) is 5.87. The number of hydrogen-bond acceptors (Lipinski definition) is 2. The van der Waals surface area contributed by atoms with Crippen molar-refractivity contribution in [2.24, 2.45) is 0 Å². The smallest absolute Gasteiger partial charge is 0.309 e. The standard InChI is InChI=1S/C16H20N2O2/c1-4-5-8-17-9-10-18(16(20)15(17)19)14-11-12(2)6-7-13(14)3/h6-7,9-11H,4-5,8H2,1-3H3. The zero-order chi connectivity index (χ0) is 14.7. The maximum absolute atomic E-state index is 12.2. The van der Waals surface area contributed by atoms with E-state index in [1.54, 1.807) is 12.4 Å². The second kappa shape index (κ2) is 5.90. The molecular formula is C16H20N2O2. The summed E-state index contributed by atoms with van der Waals surface area (Å²) >= 11 is 0. The number of unbranched alkanes of at least 4 members (excludes halogenated alkanes) is 1. The third kappa shape index (κ3) is 2.74. The summed E-state index contributed by atoms with van der Waals surface area (Å²) in [6.45, 7) is 6.56. The quantitative estimate of drug-likeness (QED) is 0.802. The van der Waals surface area contributed by atoms with Crippen LogP contribution in [0.4, 0.5) is 0 Å². The van der Waals surface area contributed by atoms with E-state index in [0.29, 0.717) is 6.54 Å². The average Bonchev–Trinajstić information content (AvgIpc) is 2.43. The first-order valence-electron chi connectivity index (χ1n) is 6.94. The van der Waals surface area contributed by atoms with Gasteiger partial charge in [-0.05, 0) is 37.5 Å². The Morgan fingerprint density at radius 1 is 1.05 bits per heavy atom. The summed E-state index contributed by atoms with van der Waals surface area (Å²) in [5.41, 5.74) is 1.87. The average molecular weight is 272 g/mol. The molecule has 1 aromatic heterocycles. The van der Waals surface area contributed by atoms with Gasteiger partial charge in [-0.2, -0.15) is 0 Å². The predicted molar refractivity (Wildman–Crippen MR) is 80.7 cm³/mol. The first-order valence-corrected chi connectivity index (χ1v) is 6.94. The van der Waals surface area contributed by atoms with Gasteiger partial charge >= 0.3 is 11.1 Å². The molecule has 0 aliphatic heterocycles. The van der Waals surface area contributed by atoms with Crippen molar-refractivity contribution < 1.29 is 0 Å². The van der Waals surface area contributed by atoms with Crippen molar-refractivity contribution in [1.82, 2.24) is 9.13 Å². The van der Waals surface area contributed by atoms with Gasteiger partial charge in [0.1, 0.15) is 0 Å². The third-order valence-electron chi connectivity index (χ3n) is 3.44. The van der Waals surface area contributed by atoms with E-state index in [4.69, 9.17) is 0 Å². The highest BCUT2D eigenvalue weighted by atomic mass is 16.2. The summed E-state index contributed by atoms with van der Waals surface area (Å²) in [7, 11) is 0. The molecule has 0 aliphatic rings. The van der Waals surface area contributed by atoms with Gasteiger partial charge in [-0.3, -0.25) is 14.2 Å². The molecule has 4 heteroatoms. The summed E-state index contributed by atoms with van der Waals surface area (Å²) in [5.74, 6) is 0. The molecule has 0 radical (unpaired) electrons. The van der Waals surface area contributed by atoms with E-state index < -0.39 is 11.1 Å². The largest absolute Gasteiger partial charge is 0.320 e. The molecule has 0 unspecified atom stereocenters. The van der Waals surface area contributed by atoms with Crippen LogP contribution in [0, 0.1) is 13.8 Å². The zero-order valence-corrected chi connectivity index (χ0v) is 12.2. The molecule has 4 nitrogen and oxygen atoms in total. The van der Waals surface area contributed by atoms with Gasteiger partial charge in [-0.15, -0.1) is 0 Å². The summed E-state index contributed by atoms with van der Waals surface area (Å²) < 4.78 is 2.93. The van der Waals surface area contributed by atoms with E-state index in [1.807, 2.05) is 32.0 Å². The molecule has 0 bridgehead atoms. The van der Waals surface area contributed by atoms with Crippen LogP contribution in [-0.4, -0.2) is 9.13 Å². The van der Waals surface area contributed by atoms with Crippen LogP contribution < -0.4 is 11.1 Å². The van der Waals surface area contributed by atoms with Gasteiger partial charge in [0.2, 0.25) is 0 Å². The molecule has 0 spiro atoms. The monoisotopic (exact) mass is 272 g/mol. The minimum absolute atomic E-state index is 0.457. The first kappa shape index (κ1) is 14.3. The molecule has 0 N–H and O–H groups in total. The maximum atomic E-state index is 12.2. The summed E-state index contributed by atoms with van der Waals surface area (Å²) in [4.78, 5) is 24.3. The molecule has 0 saturated carbocycles. The first-order chi connectivity index (χ1) is 9.54. The van der Waals surface area contributed by atoms with Crippen LogP contribution >= 0.6 is 0 Å². The highest BCUT2D eigenvalue weighted by Crippen LogP contribution is 2.13. The van der Waals surface area contributed by atoms with Crippen molar-refractivity contribution >= 4 is 0 Å². The Hall–Kier alpha value is -2.10. The van der Waals surface area contributed by atoms with E-state index in [9.17, 15) is 9.59 Å². The number of hydrogen-bond donors (Lipinski definition) is 0. The van der Waals surface area contributed by atoms with Gasteiger partial charge in [0, 0.05) is 18.9 Å². The molecule has 1 heterocycles. The van der Waals surface area contributed by atoms with Crippen molar-refractivity contribution in [2.75, 3.05) is 0 Å². The van der Waals surface area contributed by atoms with Crippen LogP contribution in [0.1, 0.15) is 30.9 Å². The van der Waals surface area contributed by atoms with Gasteiger partial charge in [-0.25, -0.2) is 0 Å². The number of aryl methyl sites for hydroxylation is 3. The highest BCUT2D eigenvalue weighted by Gasteiger charge is 2.08. The van der Waals surface area contributed by atoms with Crippen LogP contribution in [-0.2, 0) is 6.54 Å². The van der Waals surface area contributed by atoms with Gasteiger partial charge < -0.3 is 4.57 Å². The second-order valence-corrected chi connectivity index (χ2v) is 5.12. The fourth-order valence-corrected chi connectivity index (χ4v) is 2.18. The topological polar surface area (TPSA) is 44.0 Å². The van der Waals surface area contributed by atoms with Crippen molar-refractivity contribution in [1.29, 1.82) is 0 Å². The maximum Gasteiger partial charge on any atom is 0.320 e. The summed E-state index contributed by atoms with van der Waals surface area (Å²) in [6.07, 6.45) is 5.27. The molecule has 0 atom stereocenters. The van der Waals surface area contributed by atoms with Crippen LogP contribution in [0.5, 0.6) is 0 Å². The van der Waals surface area contributed by atoms with Crippen molar-refractivity contribution in [3.63, 3.8) is 0 Å². The van der Waals surface area contributed by atoms with E-state index in [1.165, 1.54) is 9.13 Å². The molecule has 0 saturated heterocycles. The van der Waals surface area contributed by atoms with Crippen molar-refractivity contribution in [3.8, 4) is 5.69 Å². The molecule has 106 valence electrons. The third-order valence-corrected chi connectivity index (χ3v) is 3.44. The molecule has 0 amide bonds. The Bertz CT molecular complexity index is 726. The Morgan fingerprint density at radius 2 is 1.80 bits per heavy atom. The van der Waals surface area contributed by atoms with Gasteiger partial charge in [0.15, 0.2) is 0 Å². The molecule has 0 fully saturated rings.